The highest BCUT2D eigenvalue weighted by Gasteiger charge is 2.34. The molecule has 1 aromatic carbocycles. The number of carboxylic acid groups (broad SMARTS) is 1. The van der Waals surface area contributed by atoms with Crippen LogP contribution in [-0.4, -0.2) is 52.0 Å². The summed E-state index contributed by atoms with van der Waals surface area (Å²) >= 11 is 0. The van der Waals surface area contributed by atoms with Crippen molar-refractivity contribution in [1.29, 1.82) is 0 Å². The quantitative estimate of drug-likeness (QED) is 0.718. The van der Waals surface area contributed by atoms with Gasteiger partial charge in [0.15, 0.2) is 0 Å². The molecule has 1 aliphatic carbocycles. The van der Waals surface area contributed by atoms with E-state index in [1.54, 1.807) is 0 Å². The molecular weight excluding hydrogens is 318 g/mol. The molecule has 0 aliphatic heterocycles. The average molecular weight is 343 g/mol. The molecule has 1 amide bonds. The average Bonchev–Trinajstić information content (AvgIpc) is 2.92. The molecule has 0 bridgehead atoms. The van der Waals surface area contributed by atoms with E-state index in [9.17, 15) is 9.59 Å². The summed E-state index contributed by atoms with van der Waals surface area (Å²) in [7, 11) is 0. The van der Waals surface area contributed by atoms with Crippen molar-refractivity contribution in [2.75, 3.05) is 13.1 Å². The molecule has 6 nitrogen and oxygen atoms in total. The number of amides is 1. The Bertz CT molecular complexity index is 777. The molecule has 0 saturated heterocycles. The highest BCUT2D eigenvalue weighted by atomic mass is 16.4. The third kappa shape index (κ3) is 3.85. The van der Waals surface area contributed by atoms with Gasteiger partial charge in [0.05, 0.1) is 13.0 Å². The van der Waals surface area contributed by atoms with E-state index < -0.39 is 5.97 Å². The van der Waals surface area contributed by atoms with Crippen LogP contribution in [0.5, 0.6) is 0 Å². The molecule has 0 unspecified atom stereocenters. The maximum atomic E-state index is 12.4. The zero-order chi connectivity index (χ0) is 18.0. The summed E-state index contributed by atoms with van der Waals surface area (Å²) in [5.41, 5.74) is 3.24. The lowest BCUT2D eigenvalue weighted by atomic mass is 9.85. The third-order valence-electron chi connectivity index (χ3n) is 5.09. The predicted molar refractivity (Wildman–Crippen MR) is 96.6 cm³/mol. The second-order valence-corrected chi connectivity index (χ2v) is 6.83. The number of aromatic nitrogens is 1. The molecule has 2 aromatic rings. The number of rotatable bonds is 7. The van der Waals surface area contributed by atoms with E-state index in [1.165, 1.54) is 0 Å². The van der Waals surface area contributed by atoms with E-state index >= 15 is 0 Å². The Morgan fingerprint density at radius 1 is 1.36 bits per heavy atom. The SMILES string of the molecule is CCN(CC(=O)O)C1CC(NC(=O)Cc2c[nH]c3cccc(C)c23)C1. The summed E-state index contributed by atoms with van der Waals surface area (Å²) < 4.78 is 0. The number of carbonyl (C=O) groups is 2. The van der Waals surface area contributed by atoms with Crippen LogP contribution in [0.4, 0.5) is 0 Å². The Labute approximate surface area is 147 Å². The first kappa shape index (κ1) is 17.5. The van der Waals surface area contributed by atoms with E-state index in [0.29, 0.717) is 13.0 Å². The van der Waals surface area contributed by atoms with Crippen LogP contribution in [0.1, 0.15) is 30.9 Å². The Kier molecular flexibility index (Phi) is 5.08. The fourth-order valence-corrected chi connectivity index (χ4v) is 3.72. The van der Waals surface area contributed by atoms with Crippen LogP contribution in [-0.2, 0) is 16.0 Å². The zero-order valence-corrected chi connectivity index (χ0v) is 14.7. The number of H-pyrrole nitrogens is 1. The molecule has 1 heterocycles. The number of fused-ring (bicyclic) bond motifs is 1. The van der Waals surface area contributed by atoms with Gasteiger partial charge in [-0.15, -0.1) is 0 Å². The van der Waals surface area contributed by atoms with Crippen molar-refractivity contribution in [3.63, 3.8) is 0 Å². The summed E-state index contributed by atoms with van der Waals surface area (Å²) in [5, 5.41) is 13.1. The van der Waals surface area contributed by atoms with Gasteiger partial charge in [0.25, 0.3) is 0 Å². The van der Waals surface area contributed by atoms with Gasteiger partial charge >= 0.3 is 5.97 Å². The molecule has 3 N–H and O–H groups in total. The highest BCUT2D eigenvalue weighted by molar-refractivity contribution is 5.91. The number of hydrogen-bond donors (Lipinski definition) is 3. The lowest BCUT2D eigenvalue weighted by Crippen LogP contribution is -2.55. The Morgan fingerprint density at radius 2 is 2.12 bits per heavy atom. The molecule has 3 rings (SSSR count). The van der Waals surface area contributed by atoms with E-state index in [2.05, 4.69) is 23.3 Å². The van der Waals surface area contributed by atoms with E-state index in [-0.39, 0.29) is 24.5 Å². The Balaban J connectivity index is 1.53. The van der Waals surface area contributed by atoms with Crippen LogP contribution < -0.4 is 5.32 Å². The van der Waals surface area contributed by atoms with Crippen molar-refractivity contribution in [2.24, 2.45) is 0 Å². The number of aliphatic carboxylic acids is 1. The lowest BCUT2D eigenvalue weighted by Gasteiger charge is -2.42. The number of likely N-dealkylation sites (N-methyl/N-ethyl adjacent to an activating group) is 1. The standard InChI is InChI=1S/C19H25N3O3/c1-3-22(11-18(24)25)15-8-14(9-15)21-17(23)7-13-10-20-16-6-4-5-12(2)19(13)16/h4-6,10,14-15,20H,3,7-9,11H2,1-2H3,(H,21,23)(H,24,25). The number of carbonyl (C=O) groups excluding carboxylic acids is 1. The first-order valence-corrected chi connectivity index (χ1v) is 8.78. The molecule has 134 valence electrons. The number of nitrogens with one attached hydrogen (secondary N) is 2. The largest absolute Gasteiger partial charge is 0.480 e. The molecule has 1 fully saturated rings. The van der Waals surface area contributed by atoms with E-state index in [4.69, 9.17) is 5.11 Å². The number of nitrogens with zero attached hydrogens (tertiary/aromatic N) is 1. The van der Waals surface area contributed by atoms with Gasteiger partial charge in [-0.2, -0.15) is 0 Å². The molecule has 1 saturated carbocycles. The Hall–Kier alpha value is -2.34. The monoisotopic (exact) mass is 343 g/mol. The molecule has 1 aliphatic rings. The Morgan fingerprint density at radius 3 is 2.80 bits per heavy atom. The van der Waals surface area contributed by atoms with Crippen LogP contribution in [0.2, 0.25) is 0 Å². The minimum absolute atomic E-state index is 0.0221. The second-order valence-electron chi connectivity index (χ2n) is 6.83. The van der Waals surface area contributed by atoms with Crippen molar-refractivity contribution in [3.8, 4) is 0 Å². The van der Waals surface area contributed by atoms with Gasteiger partial charge < -0.3 is 15.4 Å². The number of carboxylic acids is 1. The van der Waals surface area contributed by atoms with Gasteiger partial charge in [0.2, 0.25) is 5.91 Å². The molecule has 0 spiro atoms. The fourth-order valence-electron chi connectivity index (χ4n) is 3.72. The third-order valence-corrected chi connectivity index (χ3v) is 5.09. The summed E-state index contributed by atoms with van der Waals surface area (Å²) in [6.45, 7) is 4.80. The minimum Gasteiger partial charge on any atom is -0.480 e. The van der Waals surface area contributed by atoms with Crippen LogP contribution in [0.3, 0.4) is 0 Å². The molecule has 25 heavy (non-hydrogen) atoms. The summed E-state index contributed by atoms with van der Waals surface area (Å²) in [6, 6.07) is 6.47. The van der Waals surface area contributed by atoms with E-state index in [0.717, 1.165) is 34.9 Å². The highest BCUT2D eigenvalue weighted by Crippen LogP contribution is 2.26. The number of benzene rings is 1. The fraction of sp³-hybridized carbons (Fsp3) is 0.474. The van der Waals surface area contributed by atoms with Crippen LogP contribution in [0, 0.1) is 6.92 Å². The van der Waals surface area contributed by atoms with Gasteiger partial charge in [-0.1, -0.05) is 19.1 Å². The van der Waals surface area contributed by atoms with Gasteiger partial charge in [0, 0.05) is 29.2 Å². The number of hydrogen-bond acceptors (Lipinski definition) is 3. The maximum Gasteiger partial charge on any atom is 0.317 e. The minimum atomic E-state index is -0.802. The first-order valence-electron chi connectivity index (χ1n) is 8.78. The lowest BCUT2D eigenvalue weighted by molar-refractivity contribution is -0.139. The normalized spacial score (nSPS) is 19.8. The van der Waals surface area contributed by atoms with Crippen LogP contribution in [0.15, 0.2) is 24.4 Å². The van der Waals surface area contributed by atoms with Gasteiger partial charge in [-0.25, -0.2) is 0 Å². The molecule has 0 radical (unpaired) electrons. The molecule has 0 atom stereocenters. The summed E-state index contributed by atoms with van der Waals surface area (Å²) in [4.78, 5) is 28.4. The van der Waals surface area contributed by atoms with Crippen LogP contribution in [0.25, 0.3) is 10.9 Å². The molecule has 6 heteroatoms. The van der Waals surface area contributed by atoms with Crippen molar-refractivity contribution in [2.45, 2.75) is 45.2 Å². The molecular formula is C19H25N3O3. The van der Waals surface area contributed by atoms with Gasteiger partial charge in [-0.3, -0.25) is 14.5 Å². The number of aromatic amines is 1. The topological polar surface area (TPSA) is 85.4 Å². The smallest absolute Gasteiger partial charge is 0.317 e. The predicted octanol–water partition coefficient (Wildman–Crippen LogP) is 2.07. The van der Waals surface area contributed by atoms with Crippen molar-refractivity contribution < 1.29 is 14.7 Å². The van der Waals surface area contributed by atoms with Crippen molar-refractivity contribution in [1.82, 2.24) is 15.2 Å². The molecule has 1 aromatic heterocycles. The zero-order valence-electron chi connectivity index (χ0n) is 14.7. The van der Waals surface area contributed by atoms with Gasteiger partial charge in [-0.05, 0) is 43.5 Å². The summed E-state index contributed by atoms with van der Waals surface area (Å²) in [6.07, 6.45) is 3.91. The van der Waals surface area contributed by atoms with Gasteiger partial charge in [0.1, 0.15) is 0 Å². The van der Waals surface area contributed by atoms with Crippen molar-refractivity contribution >= 4 is 22.8 Å². The number of aryl methyl sites for hydroxylation is 1. The van der Waals surface area contributed by atoms with E-state index in [1.807, 2.05) is 30.2 Å². The van der Waals surface area contributed by atoms with Crippen molar-refractivity contribution in [3.05, 3.63) is 35.5 Å². The second kappa shape index (κ2) is 7.27. The summed E-state index contributed by atoms with van der Waals surface area (Å²) in [5.74, 6) is -0.780. The van der Waals surface area contributed by atoms with Crippen LogP contribution >= 0.6 is 0 Å². The first-order chi connectivity index (χ1) is 12.0. The maximum absolute atomic E-state index is 12.4.